The SMILES string of the molecule is CCC1CCCC1.CC[C]1[CH]CCC1.[Ru]. The van der Waals surface area contributed by atoms with Gasteiger partial charge in [-0.2, -0.15) is 0 Å². The van der Waals surface area contributed by atoms with Crippen LogP contribution in [0.25, 0.3) is 0 Å². The van der Waals surface area contributed by atoms with Gasteiger partial charge in [0, 0.05) is 19.5 Å². The molecule has 2 aliphatic carbocycles. The van der Waals surface area contributed by atoms with Crippen molar-refractivity contribution >= 4 is 0 Å². The maximum atomic E-state index is 2.38. The van der Waals surface area contributed by atoms with E-state index in [0.717, 1.165) is 5.92 Å². The molecule has 0 saturated heterocycles. The molecule has 90 valence electrons. The van der Waals surface area contributed by atoms with Gasteiger partial charge < -0.3 is 0 Å². The molecule has 0 heterocycles. The molecule has 0 unspecified atom stereocenters. The van der Waals surface area contributed by atoms with Crippen molar-refractivity contribution in [2.24, 2.45) is 5.92 Å². The molecular formula is C14H26Ru. The zero-order valence-corrected chi connectivity index (χ0v) is 12.1. The van der Waals surface area contributed by atoms with Crippen LogP contribution in [0.1, 0.15) is 71.6 Å². The molecule has 15 heavy (non-hydrogen) atoms. The van der Waals surface area contributed by atoms with Crippen molar-refractivity contribution in [2.45, 2.75) is 71.6 Å². The Bertz CT molecular complexity index is 105. The molecular weight excluding hydrogens is 269 g/mol. The monoisotopic (exact) mass is 296 g/mol. The molecule has 2 fully saturated rings. The predicted octanol–water partition coefficient (Wildman–Crippen LogP) is 4.94. The van der Waals surface area contributed by atoms with Gasteiger partial charge in [0.05, 0.1) is 0 Å². The number of hydrogen-bond donors (Lipinski definition) is 0. The second kappa shape index (κ2) is 9.82. The summed E-state index contributed by atoms with van der Waals surface area (Å²) in [6.07, 6.45) is 15.2. The molecule has 2 radical (unpaired) electrons. The van der Waals surface area contributed by atoms with E-state index in [1.807, 2.05) is 0 Å². The van der Waals surface area contributed by atoms with Crippen LogP contribution in [0.5, 0.6) is 0 Å². The third-order valence-electron chi connectivity index (χ3n) is 3.64. The van der Waals surface area contributed by atoms with Crippen LogP contribution in [-0.4, -0.2) is 0 Å². The van der Waals surface area contributed by atoms with Crippen LogP contribution in [0.2, 0.25) is 0 Å². The molecule has 2 aliphatic rings. The molecule has 1 heteroatoms. The van der Waals surface area contributed by atoms with E-state index in [-0.39, 0.29) is 19.5 Å². The van der Waals surface area contributed by atoms with E-state index < -0.39 is 0 Å². The summed E-state index contributed by atoms with van der Waals surface area (Å²) >= 11 is 0. The Labute approximate surface area is 109 Å². The third-order valence-corrected chi connectivity index (χ3v) is 3.64. The second-order valence-electron chi connectivity index (χ2n) is 4.67. The van der Waals surface area contributed by atoms with Crippen molar-refractivity contribution in [1.82, 2.24) is 0 Å². The van der Waals surface area contributed by atoms with Crippen LogP contribution >= 0.6 is 0 Å². The van der Waals surface area contributed by atoms with E-state index in [9.17, 15) is 0 Å². The summed E-state index contributed by atoms with van der Waals surface area (Å²) in [5.74, 6) is 2.76. The van der Waals surface area contributed by atoms with Gasteiger partial charge in [0.15, 0.2) is 0 Å². The van der Waals surface area contributed by atoms with Gasteiger partial charge in [-0.15, -0.1) is 0 Å². The second-order valence-corrected chi connectivity index (χ2v) is 4.67. The Balaban J connectivity index is 0.000000245. The fourth-order valence-electron chi connectivity index (χ4n) is 2.48. The molecule has 0 aromatic rings. The molecule has 0 amide bonds. The average molecular weight is 295 g/mol. The fraction of sp³-hybridized carbons (Fsp3) is 0.857. The smallest absolute Gasteiger partial charge is 0 e. The van der Waals surface area contributed by atoms with E-state index in [4.69, 9.17) is 0 Å². The van der Waals surface area contributed by atoms with Crippen molar-refractivity contribution in [3.63, 3.8) is 0 Å². The largest absolute Gasteiger partial charge is 0.0651 e. The molecule has 0 aliphatic heterocycles. The van der Waals surface area contributed by atoms with Gasteiger partial charge in [-0.25, -0.2) is 0 Å². The quantitative estimate of drug-likeness (QED) is 0.633. The van der Waals surface area contributed by atoms with Crippen molar-refractivity contribution in [3.8, 4) is 0 Å². The molecule has 0 atom stereocenters. The number of hydrogen-bond acceptors (Lipinski definition) is 0. The Hall–Kier alpha value is 0.623. The first kappa shape index (κ1) is 15.6. The minimum atomic E-state index is 0. The number of rotatable bonds is 2. The molecule has 2 saturated carbocycles. The van der Waals surface area contributed by atoms with Crippen LogP contribution in [0.3, 0.4) is 0 Å². The van der Waals surface area contributed by atoms with Crippen LogP contribution in [0.4, 0.5) is 0 Å². The summed E-state index contributed by atoms with van der Waals surface area (Å²) in [4.78, 5) is 0. The van der Waals surface area contributed by atoms with E-state index >= 15 is 0 Å². The third kappa shape index (κ3) is 6.72. The average Bonchev–Trinajstić information content (AvgIpc) is 2.92. The van der Waals surface area contributed by atoms with Crippen molar-refractivity contribution < 1.29 is 19.5 Å². The van der Waals surface area contributed by atoms with Crippen LogP contribution < -0.4 is 0 Å². The first-order valence-electron chi connectivity index (χ1n) is 6.54. The van der Waals surface area contributed by atoms with Crippen LogP contribution in [0.15, 0.2) is 0 Å². The summed E-state index contributed by atoms with van der Waals surface area (Å²) in [5, 5.41) is 0. The topological polar surface area (TPSA) is 0 Å². The van der Waals surface area contributed by atoms with Crippen LogP contribution in [-0.2, 0) is 19.5 Å². The van der Waals surface area contributed by atoms with Gasteiger partial charge in [0.2, 0.25) is 0 Å². The van der Waals surface area contributed by atoms with Crippen molar-refractivity contribution in [3.05, 3.63) is 12.3 Å². The summed E-state index contributed by atoms with van der Waals surface area (Å²) in [6.45, 7) is 4.53. The molecule has 0 aromatic carbocycles. The van der Waals surface area contributed by atoms with E-state index in [2.05, 4.69) is 20.3 Å². The van der Waals surface area contributed by atoms with Gasteiger partial charge in [-0.1, -0.05) is 52.4 Å². The molecule has 0 aromatic heterocycles. The first-order valence-corrected chi connectivity index (χ1v) is 6.54. The summed E-state index contributed by atoms with van der Waals surface area (Å²) in [6, 6.07) is 0. The minimum Gasteiger partial charge on any atom is -0.0651 e. The summed E-state index contributed by atoms with van der Waals surface area (Å²) in [5.41, 5.74) is 0. The summed E-state index contributed by atoms with van der Waals surface area (Å²) in [7, 11) is 0. The summed E-state index contributed by atoms with van der Waals surface area (Å²) < 4.78 is 0. The van der Waals surface area contributed by atoms with Crippen LogP contribution in [0, 0.1) is 18.3 Å². The predicted molar refractivity (Wildman–Crippen MR) is 63.9 cm³/mol. The van der Waals surface area contributed by atoms with E-state index in [1.54, 1.807) is 5.92 Å². The Kier molecular flexibility index (Phi) is 10.2. The first-order chi connectivity index (χ1) is 6.86. The van der Waals surface area contributed by atoms with E-state index in [0.29, 0.717) is 0 Å². The maximum absolute atomic E-state index is 2.38. The Morgan fingerprint density at radius 2 is 1.80 bits per heavy atom. The molecule has 0 N–H and O–H groups in total. The molecule has 2 rings (SSSR count). The molecule has 0 bridgehead atoms. The van der Waals surface area contributed by atoms with Crippen molar-refractivity contribution in [2.75, 3.05) is 0 Å². The molecule has 0 nitrogen and oxygen atoms in total. The van der Waals surface area contributed by atoms with Gasteiger partial charge in [0.1, 0.15) is 0 Å². The standard InChI is InChI=1S/C7H14.C7H12.Ru/c2*1-2-7-5-3-4-6-7;/h7H,2-6H2,1H3;5H,2-4,6H2,1H3;. The zero-order valence-electron chi connectivity index (χ0n) is 10.4. The van der Waals surface area contributed by atoms with Gasteiger partial charge in [-0.3, -0.25) is 0 Å². The van der Waals surface area contributed by atoms with Gasteiger partial charge in [0.25, 0.3) is 0 Å². The van der Waals surface area contributed by atoms with Crippen molar-refractivity contribution in [1.29, 1.82) is 0 Å². The fourth-order valence-corrected chi connectivity index (χ4v) is 2.48. The maximum Gasteiger partial charge on any atom is 0 e. The van der Waals surface area contributed by atoms with Gasteiger partial charge in [-0.05, 0) is 37.5 Å². The molecule has 0 spiro atoms. The zero-order chi connectivity index (χ0) is 10.2. The van der Waals surface area contributed by atoms with Gasteiger partial charge >= 0.3 is 0 Å². The Morgan fingerprint density at radius 3 is 2.07 bits per heavy atom. The normalized spacial score (nSPS) is 22.0. The Morgan fingerprint density at radius 1 is 1.13 bits per heavy atom. The minimum absolute atomic E-state index is 0. The van der Waals surface area contributed by atoms with E-state index in [1.165, 1.54) is 57.8 Å².